The van der Waals surface area contributed by atoms with Crippen LogP contribution in [0.5, 0.6) is 0 Å². The molecule has 0 aromatic heterocycles. The van der Waals surface area contributed by atoms with Crippen LogP contribution in [0.4, 0.5) is 0 Å². The lowest BCUT2D eigenvalue weighted by Crippen LogP contribution is -2.40. The number of hydrogen-bond donors (Lipinski definition) is 0. The summed E-state index contributed by atoms with van der Waals surface area (Å²) in [6.07, 6.45) is 4.19. The predicted octanol–water partition coefficient (Wildman–Crippen LogP) is 2.83. The van der Waals surface area contributed by atoms with Crippen LogP contribution in [0, 0.1) is 5.92 Å². The highest BCUT2D eigenvalue weighted by Crippen LogP contribution is 2.19. The van der Waals surface area contributed by atoms with Crippen LogP contribution in [0.2, 0.25) is 0 Å². The highest BCUT2D eigenvalue weighted by molar-refractivity contribution is 9.09. The molecular formula is C13H27BrN2. The zero-order valence-electron chi connectivity index (χ0n) is 10.9. The second-order valence-corrected chi connectivity index (χ2v) is 5.61. The van der Waals surface area contributed by atoms with E-state index in [-0.39, 0.29) is 0 Å². The van der Waals surface area contributed by atoms with E-state index in [0.717, 1.165) is 5.92 Å². The second kappa shape index (κ2) is 8.48. The van der Waals surface area contributed by atoms with Crippen molar-refractivity contribution in [3.63, 3.8) is 0 Å². The Hall–Kier alpha value is 0.400. The van der Waals surface area contributed by atoms with Gasteiger partial charge in [0.15, 0.2) is 0 Å². The number of rotatable bonds is 7. The molecule has 1 saturated heterocycles. The number of nitrogens with zero attached hydrogens (tertiary/aromatic N) is 2. The molecular weight excluding hydrogens is 264 g/mol. The van der Waals surface area contributed by atoms with Gasteiger partial charge in [0, 0.05) is 25.0 Å². The summed E-state index contributed by atoms with van der Waals surface area (Å²) in [5.41, 5.74) is 0. The second-order valence-electron chi connectivity index (χ2n) is 4.81. The molecule has 0 aromatic rings. The molecule has 1 atom stereocenters. The minimum atomic E-state index is 0.935. The Balaban J connectivity index is 2.20. The molecule has 0 bridgehead atoms. The molecule has 16 heavy (non-hydrogen) atoms. The van der Waals surface area contributed by atoms with Crippen LogP contribution < -0.4 is 0 Å². The Morgan fingerprint density at radius 2 is 2.06 bits per heavy atom. The largest absolute Gasteiger partial charge is 0.303 e. The van der Waals surface area contributed by atoms with Gasteiger partial charge < -0.3 is 9.80 Å². The average molecular weight is 291 g/mol. The molecule has 1 fully saturated rings. The van der Waals surface area contributed by atoms with E-state index in [1.54, 1.807) is 0 Å². The van der Waals surface area contributed by atoms with Crippen molar-refractivity contribution >= 4 is 15.9 Å². The fourth-order valence-electron chi connectivity index (χ4n) is 2.57. The predicted molar refractivity (Wildman–Crippen MR) is 75.4 cm³/mol. The van der Waals surface area contributed by atoms with Gasteiger partial charge in [-0.25, -0.2) is 0 Å². The number of hydrogen-bond acceptors (Lipinski definition) is 2. The van der Waals surface area contributed by atoms with Crippen LogP contribution in [-0.4, -0.2) is 54.4 Å². The maximum Gasteiger partial charge on any atom is 0.0109 e. The lowest BCUT2D eigenvalue weighted by Gasteiger charge is -2.33. The van der Waals surface area contributed by atoms with Crippen LogP contribution in [0.25, 0.3) is 0 Å². The average Bonchev–Trinajstić information content (AvgIpc) is 2.31. The van der Waals surface area contributed by atoms with Crippen molar-refractivity contribution in [2.45, 2.75) is 33.1 Å². The topological polar surface area (TPSA) is 6.48 Å². The molecule has 1 heterocycles. The SMILES string of the molecule is CCN(CC)CCN1CCCC(CCBr)C1. The number of likely N-dealkylation sites (N-methyl/N-ethyl adjacent to an activating group) is 1. The first-order valence-corrected chi connectivity index (χ1v) is 7.93. The molecule has 3 heteroatoms. The zero-order valence-corrected chi connectivity index (χ0v) is 12.5. The molecule has 2 nitrogen and oxygen atoms in total. The van der Waals surface area contributed by atoms with E-state index in [1.807, 2.05) is 0 Å². The highest BCUT2D eigenvalue weighted by atomic mass is 79.9. The van der Waals surface area contributed by atoms with Crippen molar-refractivity contribution in [1.29, 1.82) is 0 Å². The van der Waals surface area contributed by atoms with E-state index < -0.39 is 0 Å². The fourth-order valence-corrected chi connectivity index (χ4v) is 3.21. The lowest BCUT2D eigenvalue weighted by molar-refractivity contribution is 0.150. The minimum absolute atomic E-state index is 0.935. The number of likely N-dealkylation sites (tertiary alicyclic amines) is 1. The first-order chi connectivity index (χ1) is 7.80. The van der Waals surface area contributed by atoms with Gasteiger partial charge in [-0.15, -0.1) is 0 Å². The Labute approximate surface area is 109 Å². The third-order valence-electron chi connectivity index (χ3n) is 3.75. The molecule has 0 spiro atoms. The summed E-state index contributed by atoms with van der Waals surface area (Å²) >= 11 is 3.56. The summed E-state index contributed by atoms with van der Waals surface area (Å²) in [4.78, 5) is 5.18. The maximum atomic E-state index is 3.56. The number of piperidine rings is 1. The fraction of sp³-hybridized carbons (Fsp3) is 1.00. The van der Waals surface area contributed by atoms with Gasteiger partial charge in [-0.3, -0.25) is 0 Å². The van der Waals surface area contributed by atoms with Gasteiger partial charge >= 0.3 is 0 Å². The van der Waals surface area contributed by atoms with Crippen LogP contribution in [0.1, 0.15) is 33.1 Å². The van der Waals surface area contributed by atoms with Crippen molar-refractivity contribution in [2.24, 2.45) is 5.92 Å². The smallest absolute Gasteiger partial charge is 0.0109 e. The molecule has 0 radical (unpaired) electrons. The molecule has 0 amide bonds. The van der Waals surface area contributed by atoms with Gasteiger partial charge in [-0.1, -0.05) is 29.8 Å². The quantitative estimate of drug-likeness (QED) is 0.666. The maximum absolute atomic E-state index is 3.56. The van der Waals surface area contributed by atoms with Crippen molar-refractivity contribution in [2.75, 3.05) is 44.6 Å². The Morgan fingerprint density at radius 1 is 1.31 bits per heavy atom. The Bertz CT molecular complexity index is 169. The molecule has 1 unspecified atom stereocenters. The molecule has 0 saturated carbocycles. The van der Waals surface area contributed by atoms with E-state index in [1.165, 1.54) is 63.9 Å². The zero-order chi connectivity index (χ0) is 11.8. The lowest BCUT2D eigenvalue weighted by atomic mass is 9.96. The van der Waals surface area contributed by atoms with Crippen LogP contribution in [-0.2, 0) is 0 Å². The number of alkyl halides is 1. The van der Waals surface area contributed by atoms with E-state index >= 15 is 0 Å². The summed E-state index contributed by atoms with van der Waals surface area (Å²) in [5.74, 6) is 0.935. The van der Waals surface area contributed by atoms with Gasteiger partial charge in [0.2, 0.25) is 0 Å². The van der Waals surface area contributed by atoms with Crippen molar-refractivity contribution in [1.82, 2.24) is 9.80 Å². The van der Waals surface area contributed by atoms with Gasteiger partial charge in [0.25, 0.3) is 0 Å². The van der Waals surface area contributed by atoms with Crippen molar-refractivity contribution < 1.29 is 0 Å². The summed E-state index contributed by atoms with van der Waals surface area (Å²) < 4.78 is 0. The Kier molecular flexibility index (Phi) is 7.67. The first-order valence-electron chi connectivity index (χ1n) is 6.80. The normalized spacial score (nSPS) is 22.9. The van der Waals surface area contributed by atoms with E-state index in [4.69, 9.17) is 0 Å². The Morgan fingerprint density at radius 3 is 2.69 bits per heavy atom. The van der Waals surface area contributed by atoms with Gasteiger partial charge in [-0.05, 0) is 44.8 Å². The van der Waals surface area contributed by atoms with Gasteiger partial charge in [0.05, 0.1) is 0 Å². The summed E-state index contributed by atoms with van der Waals surface area (Å²) in [5, 5.41) is 1.17. The van der Waals surface area contributed by atoms with Crippen LogP contribution in [0.3, 0.4) is 0 Å². The highest BCUT2D eigenvalue weighted by Gasteiger charge is 2.19. The molecule has 0 N–H and O–H groups in total. The standard InChI is InChI=1S/C13H27BrN2/c1-3-15(4-2)10-11-16-9-5-6-13(12-16)7-8-14/h13H,3-12H2,1-2H3. The van der Waals surface area contributed by atoms with Gasteiger partial charge in [0.1, 0.15) is 0 Å². The van der Waals surface area contributed by atoms with E-state index in [0.29, 0.717) is 0 Å². The summed E-state index contributed by atoms with van der Waals surface area (Å²) in [6.45, 7) is 12.0. The molecule has 1 aliphatic heterocycles. The van der Waals surface area contributed by atoms with Crippen molar-refractivity contribution in [3.05, 3.63) is 0 Å². The summed E-state index contributed by atoms with van der Waals surface area (Å²) in [6, 6.07) is 0. The monoisotopic (exact) mass is 290 g/mol. The first kappa shape index (κ1) is 14.5. The third-order valence-corrected chi connectivity index (χ3v) is 4.21. The third kappa shape index (κ3) is 5.15. The van der Waals surface area contributed by atoms with E-state index in [2.05, 4.69) is 39.6 Å². The van der Waals surface area contributed by atoms with Gasteiger partial charge in [-0.2, -0.15) is 0 Å². The van der Waals surface area contributed by atoms with Crippen LogP contribution >= 0.6 is 15.9 Å². The van der Waals surface area contributed by atoms with E-state index in [9.17, 15) is 0 Å². The molecule has 0 aromatic carbocycles. The molecule has 1 rings (SSSR count). The molecule has 96 valence electrons. The number of halogens is 1. The van der Waals surface area contributed by atoms with Crippen LogP contribution in [0.15, 0.2) is 0 Å². The minimum Gasteiger partial charge on any atom is -0.303 e. The summed E-state index contributed by atoms with van der Waals surface area (Å²) in [7, 11) is 0. The molecule has 0 aliphatic carbocycles. The van der Waals surface area contributed by atoms with Crippen molar-refractivity contribution in [3.8, 4) is 0 Å². The molecule has 1 aliphatic rings.